The third kappa shape index (κ3) is 4.33. The predicted molar refractivity (Wildman–Crippen MR) is 56.1 cm³/mol. The van der Waals surface area contributed by atoms with Crippen molar-refractivity contribution < 1.29 is 58.1 Å². The van der Waals surface area contributed by atoms with Crippen LogP contribution in [0.15, 0.2) is 9.66 Å². The fraction of sp³-hybridized carbons (Fsp3) is 0.750. The van der Waals surface area contributed by atoms with Gasteiger partial charge in [-0.2, -0.15) is 48.3 Å². The van der Waals surface area contributed by atoms with Crippen LogP contribution in [0.3, 0.4) is 0 Å². The van der Waals surface area contributed by atoms with Crippen molar-refractivity contribution in [3.05, 3.63) is 9.66 Å². The maximum Gasteiger partial charge on any atom is 0.462 e. The minimum absolute atomic E-state index is 0.796. The average molecular weight is 468 g/mol. The van der Waals surface area contributed by atoms with Gasteiger partial charge in [0.1, 0.15) is 0 Å². The third-order valence-electron chi connectivity index (χ3n) is 1.88. The standard InChI is InChI=1S/C8H4F11IO2/c9-4(6(12,13)14,1-3(20)2-21)22-8(18,19)5(10,11)7(15,16)17/h1,21H,2H2/b3-1-/t4-/m1/s1. The molecule has 1 N–H and O–H groups in total. The van der Waals surface area contributed by atoms with E-state index in [2.05, 4.69) is 4.74 Å². The summed E-state index contributed by atoms with van der Waals surface area (Å²) in [5.41, 5.74) is 0. The van der Waals surface area contributed by atoms with Crippen LogP contribution in [0.1, 0.15) is 0 Å². The van der Waals surface area contributed by atoms with E-state index in [1.165, 1.54) is 0 Å². The van der Waals surface area contributed by atoms with Crippen molar-refractivity contribution in [2.24, 2.45) is 0 Å². The summed E-state index contributed by atoms with van der Waals surface area (Å²) in [7, 11) is 0. The molecule has 0 aliphatic rings. The van der Waals surface area contributed by atoms with Gasteiger partial charge in [0.2, 0.25) is 0 Å². The maximum atomic E-state index is 13.4. The molecule has 1 atom stereocenters. The van der Waals surface area contributed by atoms with Crippen LogP contribution in [0.25, 0.3) is 0 Å². The highest BCUT2D eigenvalue weighted by Gasteiger charge is 2.78. The quantitative estimate of drug-likeness (QED) is 0.481. The highest BCUT2D eigenvalue weighted by atomic mass is 127. The van der Waals surface area contributed by atoms with E-state index in [0.29, 0.717) is 0 Å². The Bertz CT molecular complexity index is 427. The number of halogens is 12. The van der Waals surface area contributed by atoms with Crippen molar-refractivity contribution in [2.75, 3.05) is 6.61 Å². The van der Waals surface area contributed by atoms with E-state index in [1.54, 1.807) is 0 Å². The van der Waals surface area contributed by atoms with Gasteiger partial charge in [0.05, 0.1) is 6.61 Å². The molecule has 0 radical (unpaired) electrons. The van der Waals surface area contributed by atoms with Crippen molar-refractivity contribution in [1.29, 1.82) is 0 Å². The molecule has 0 aromatic carbocycles. The predicted octanol–water partition coefficient (Wildman–Crippen LogP) is 4.33. The van der Waals surface area contributed by atoms with Crippen LogP contribution in [0, 0.1) is 0 Å². The van der Waals surface area contributed by atoms with Crippen LogP contribution in [-0.2, 0) is 4.74 Å². The largest absolute Gasteiger partial charge is 0.462 e. The summed E-state index contributed by atoms with van der Waals surface area (Å²) in [6.45, 7) is -1.34. The first kappa shape index (κ1) is 21.6. The Morgan fingerprint density at radius 3 is 1.55 bits per heavy atom. The second kappa shape index (κ2) is 6.26. The van der Waals surface area contributed by atoms with Crippen molar-refractivity contribution in [2.45, 2.75) is 30.2 Å². The van der Waals surface area contributed by atoms with Gasteiger partial charge in [-0.1, -0.05) is 0 Å². The molecule has 0 heterocycles. The van der Waals surface area contributed by atoms with Crippen LogP contribution in [0.4, 0.5) is 48.3 Å². The van der Waals surface area contributed by atoms with Crippen LogP contribution in [0.2, 0.25) is 0 Å². The van der Waals surface area contributed by atoms with E-state index in [1.807, 2.05) is 0 Å². The van der Waals surface area contributed by atoms with Gasteiger partial charge in [0, 0.05) is 9.66 Å². The van der Waals surface area contributed by atoms with E-state index < -0.39 is 46.5 Å². The maximum absolute atomic E-state index is 13.4. The molecule has 0 saturated carbocycles. The Labute approximate surface area is 128 Å². The Hall–Kier alpha value is -0.380. The molecule has 14 heteroatoms. The lowest BCUT2D eigenvalue weighted by Gasteiger charge is -2.33. The normalized spacial score (nSPS) is 18.3. The van der Waals surface area contributed by atoms with E-state index in [-0.39, 0.29) is 0 Å². The Balaban J connectivity index is 5.88. The number of alkyl halides is 11. The number of ether oxygens (including phenoxy) is 1. The molecule has 0 aliphatic carbocycles. The number of hydrogen-bond donors (Lipinski definition) is 1. The molecule has 0 saturated heterocycles. The third-order valence-corrected chi connectivity index (χ3v) is 2.53. The van der Waals surface area contributed by atoms with E-state index in [4.69, 9.17) is 5.11 Å². The number of rotatable bonds is 5. The molecule has 0 fully saturated rings. The minimum Gasteiger partial charge on any atom is -0.391 e. The molecule has 0 bridgehead atoms. The van der Waals surface area contributed by atoms with Crippen molar-refractivity contribution in [1.82, 2.24) is 0 Å². The summed E-state index contributed by atoms with van der Waals surface area (Å²) < 4.78 is 137. The summed E-state index contributed by atoms with van der Waals surface area (Å²) >= 11 is 0.796. The Morgan fingerprint density at radius 2 is 1.27 bits per heavy atom. The zero-order chi connectivity index (χ0) is 18.2. The van der Waals surface area contributed by atoms with Crippen molar-refractivity contribution in [3.63, 3.8) is 0 Å². The molecule has 0 rings (SSSR count). The fourth-order valence-corrected chi connectivity index (χ4v) is 1.23. The first-order valence-corrected chi connectivity index (χ1v) is 5.75. The zero-order valence-corrected chi connectivity index (χ0v) is 11.8. The van der Waals surface area contributed by atoms with Crippen molar-refractivity contribution in [3.8, 4) is 0 Å². The van der Waals surface area contributed by atoms with Gasteiger partial charge in [-0.3, -0.25) is 4.74 Å². The fourth-order valence-electron chi connectivity index (χ4n) is 0.832. The molecule has 2 nitrogen and oxygen atoms in total. The molecule has 132 valence electrons. The summed E-state index contributed by atoms with van der Waals surface area (Å²) in [6.07, 6.45) is -21.2. The van der Waals surface area contributed by atoms with E-state index >= 15 is 0 Å². The molecular weight excluding hydrogens is 464 g/mol. The molecule has 0 spiro atoms. The Morgan fingerprint density at radius 1 is 0.864 bits per heavy atom. The van der Waals surface area contributed by atoms with Gasteiger partial charge >= 0.3 is 30.2 Å². The van der Waals surface area contributed by atoms with E-state index in [9.17, 15) is 48.3 Å². The first-order chi connectivity index (χ1) is 9.41. The summed E-state index contributed by atoms with van der Waals surface area (Å²) in [5.74, 6) is -12.8. The van der Waals surface area contributed by atoms with Crippen LogP contribution in [0.5, 0.6) is 0 Å². The van der Waals surface area contributed by atoms with Crippen LogP contribution in [-0.4, -0.2) is 42.0 Å². The number of aliphatic hydroxyl groups excluding tert-OH is 1. The average Bonchev–Trinajstić information content (AvgIpc) is 2.24. The van der Waals surface area contributed by atoms with Crippen molar-refractivity contribution >= 4 is 22.6 Å². The van der Waals surface area contributed by atoms with E-state index in [0.717, 1.165) is 22.6 Å². The second-order valence-corrected chi connectivity index (χ2v) is 4.97. The lowest BCUT2D eigenvalue weighted by atomic mass is 10.2. The summed E-state index contributed by atoms with van der Waals surface area (Å²) in [4.78, 5) is 0. The Kier molecular flexibility index (Phi) is 6.15. The molecule has 0 aromatic heterocycles. The monoisotopic (exact) mass is 468 g/mol. The van der Waals surface area contributed by atoms with Gasteiger partial charge in [0.25, 0.3) is 0 Å². The molecule has 22 heavy (non-hydrogen) atoms. The minimum atomic E-state index is -7.10. The topological polar surface area (TPSA) is 29.5 Å². The highest BCUT2D eigenvalue weighted by molar-refractivity contribution is 14.1. The van der Waals surface area contributed by atoms with Gasteiger partial charge in [-0.05, 0) is 22.6 Å². The molecular formula is C8H4F11IO2. The second-order valence-electron chi connectivity index (χ2n) is 3.58. The van der Waals surface area contributed by atoms with Gasteiger partial charge in [-0.15, -0.1) is 0 Å². The lowest BCUT2D eigenvalue weighted by molar-refractivity contribution is -0.473. The molecule has 0 aliphatic heterocycles. The van der Waals surface area contributed by atoms with Crippen LogP contribution >= 0.6 is 22.6 Å². The van der Waals surface area contributed by atoms with Gasteiger partial charge in [-0.25, -0.2) is 0 Å². The highest BCUT2D eigenvalue weighted by Crippen LogP contribution is 2.51. The number of aliphatic hydroxyl groups is 1. The smallest absolute Gasteiger partial charge is 0.391 e. The molecule has 0 aromatic rings. The summed E-state index contributed by atoms with van der Waals surface area (Å²) in [6, 6.07) is 0. The lowest BCUT2D eigenvalue weighted by Crippen LogP contribution is -2.58. The summed E-state index contributed by atoms with van der Waals surface area (Å²) in [5, 5.41) is 8.37. The van der Waals surface area contributed by atoms with Gasteiger partial charge in [0.15, 0.2) is 0 Å². The van der Waals surface area contributed by atoms with Crippen LogP contribution < -0.4 is 0 Å². The SMILES string of the molecule is OC/C(I)=C/[C@@](F)(OC(F)(F)C(F)(F)C(F)(F)F)C(F)(F)F. The first-order valence-electron chi connectivity index (χ1n) is 4.67. The molecule has 0 unspecified atom stereocenters. The van der Waals surface area contributed by atoms with Gasteiger partial charge < -0.3 is 5.11 Å². The zero-order valence-electron chi connectivity index (χ0n) is 9.68. The molecule has 0 amide bonds. The number of hydrogen-bond acceptors (Lipinski definition) is 2.